The van der Waals surface area contributed by atoms with Gasteiger partial charge in [-0.1, -0.05) is 11.6 Å². The minimum atomic E-state index is 0.0767. The quantitative estimate of drug-likeness (QED) is 0.592. The van der Waals surface area contributed by atoms with Crippen molar-refractivity contribution in [3.8, 4) is 0 Å². The number of hydrogen-bond donors (Lipinski definition) is 0. The highest BCUT2D eigenvalue weighted by Crippen LogP contribution is 2.30. The lowest BCUT2D eigenvalue weighted by Gasteiger charge is -2.28. The highest BCUT2D eigenvalue weighted by molar-refractivity contribution is 6.35. The summed E-state index contributed by atoms with van der Waals surface area (Å²) >= 11 is 12.0. The molecule has 0 N–H and O–H groups in total. The standard InChI is InChI=1S/C14H20Cl2N6/c1-5-21(6-2)12-13(22(7-3)8-4)19-11-9(17-12)10(15)18-14(16)20-11/h5-8H2,1-4H3. The molecule has 0 unspecified atom stereocenters. The van der Waals surface area contributed by atoms with Crippen molar-refractivity contribution in [2.75, 3.05) is 36.0 Å². The van der Waals surface area contributed by atoms with Crippen LogP contribution in [0.15, 0.2) is 0 Å². The molecule has 0 fully saturated rings. The van der Waals surface area contributed by atoms with Gasteiger partial charge in [0.05, 0.1) is 0 Å². The summed E-state index contributed by atoms with van der Waals surface area (Å²) in [6.45, 7) is 11.7. The van der Waals surface area contributed by atoms with Gasteiger partial charge in [0.2, 0.25) is 5.28 Å². The summed E-state index contributed by atoms with van der Waals surface area (Å²) in [6.07, 6.45) is 0. The van der Waals surface area contributed by atoms with Gasteiger partial charge in [0, 0.05) is 26.2 Å². The third kappa shape index (κ3) is 3.17. The van der Waals surface area contributed by atoms with E-state index in [1.54, 1.807) is 0 Å². The second-order valence-corrected chi connectivity index (χ2v) is 5.37. The van der Waals surface area contributed by atoms with E-state index in [2.05, 4.69) is 57.4 Å². The summed E-state index contributed by atoms with van der Waals surface area (Å²) < 4.78 is 0. The van der Waals surface area contributed by atoms with Crippen molar-refractivity contribution in [1.82, 2.24) is 19.9 Å². The molecule has 0 aromatic carbocycles. The Morgan fingerprint density at radius 3 is 1.73 bits per heavy atom. The molecular formula is C14H20Cl2N6. The Labute approximate surface area is 140 Å². The number of hydrogen-bond acceptors (Lipinski definition) is 6. The number of anilines is 2. The van der Waals surface area contributed by atoms with Crippen molar-refractivity contribution in [3.63, 3.8) is 0 Å². The average molecular weight is 343 g/mol. The van der Waals surface area contributed by atoms with E-state index in [1.807, 2.05) is 0 Å². The monoisotopic (exact) mass is 342 g/mol. The van der Waals surface area contributed by atoms with Crippen molar-refractivity contribution in [1.29, 1.82) is 0 Å². The Hall–Kier alpha value is -1.40. The smallest absolute Gasteiger partial charge is 0.225 e. The zero-order valence-corrected chi connectivity index (χ0v) is 14.8. The normalized spacial score (nSPS) is 11.0. The summed E-state index contributed by atoms with van der Waals surface area (Å²) in [5.41, 5.74) is 0.895. The van der Waals surface area contributed by atoms with Crippen LogP contribution in [-0.4, -0.2) is 46.1 Å². The van der Waals surface area contributed by atoms with Crippen LogP contribution >= 0.6 is 23.2 Å². The maximum Gasteiger partial charge on any atom is 0.225 e. The van der Waals surface area contributed by atoms with Crippen LogP contribution in [-0.2, 0) is 0 Å². The topological polar surface area (TPSA) is 58.0 Å². The highest BCUT2D eigenvalue weighted by Gasteiger charge is 2.20. The second-order valence-electron chi connectivity index (χ2n) is 4.67. The fourth-order valence-electron chi connectivity index (χ4n) is 2.34. The number of nitrogens with zero attached hydrogens (tertiary/aromatic N) is 6. The Kier molecular flexibility index (Phi) is 5.58. The van der Waals surface area contributed by atoms with Gasteiger partial charge in [-0.15, -0.1) is 0 Å². The van der Waals surface area contributed by atoms with Gasteiger partial charge in [0.1, 0.15) is 5.52 Å². The van der Waals surface area contributed by atoms with Crippen molar-refractivity contribution in [2.45, 2.75) is 27.7 Å². The molecule has 8 heteroatoms. The first-order valence-electron chi connectivity index (χ1n) is 7.46. The molecule has 2 heterocycles. The lowest BCUT2D eigenvalue weighted by atomic mass is 10.3. The Morgan fingerprint density at radius 2 is 1.23 bits per heavy atom. The molecule has 2 aromatic rings. The summed E-state index contributed by atoms with van der Waals surface area (Å²) in [4.78, 5) is 21.7. The van der Waals surface area contributed by atoms with Crippen LogP contribution in [0.3, 0.4) is 0 Å². The predicted octanol–water partition coefficient (Wildman–Crippen LogP) is 3.42. The summed E-state index contributed by atoms with van der Waals surface area (Å²) in [6, 6.07) is 0. The fraction of sp³-hybridized carbons (Fsp3) is 0.571. The molecule has 0 aliphatic heterocycles. The van der Waals surface area contributed by atoms with Crippen molar-refractivity contribution in [3.05, 3.63) is 10.4 Å². The van der Waals surface area contributed by atoms with E-state index in [0.717, 1.165) is 37.8 Å². The molecule has 120 valence electrons. The van der Waals surface area contributed by atoms with E-state index in [9.17, 15) is 0 Å². The van der Waals surface area contributed by atoms with Crippen LogP contribution in [0.25, 0.3) is 11.2 Å². The van der Waals surface area contributed by atoms with E-state index >= 15 is 0 Å². The van der Waals surface area contributed by atoms with E-state index in [1.165, 1.54) is 0 Å². The molecular weight excluding hydrogens is 323 g/mol. The first-order valence-corrected chi connectivity index (χ1v) is 8.21. The molecule has 0 atom stereocenters. The summed E-state index contributed by atoms with van der Waals surface area (Å²) in [5.74, 6) is 1.60. The van der Waals surface area contributed by atoms with Gasteiger partial charge in [-0.05, 0) is 39.3 Å². The van der Waals surface area contributed by atoms with Crippen molar-refractivity contribution < 1.29 is 0 Å². The fourth-order valence-corrected chi connectivity index (χ4v) is 2.76. The first kappa shape index (κ1) is 17.0. The maximum atomic E-state index is 6.15. The largest absolute Gasteiger partial charge is 0.354 e. The minimum Gasteiger partial charge on any atom is -0.354 e. The van der Waals surface area contributed by atoms with Crippen LogP contribution in [0, 0.1) is 0 Å². The van der Waals surface area contributed by atoms with E-state index in [-0.39, 0.29) is 10.4 Å². The van der Waals surface area contributed by atoms with Gasteiger partial charge in [-0.2, -0.15) is 4.98 Å². The maximum absolute atomic E-state index is 6.15. The molecule has 22 heavy (non-hydrogen) atoms. The van der Waals surface area contributed by atoms with Crippen LogP contribution < -0.4 is 9.80 Å². The molecule has 2 aromatic heterocycles. The lowest BCUT2D eigenvalue weighted by molar-refractivity contribution is 0.805. The van der Waals surface area contributed by atoms with Gasteiger partial charge < -0.3 is 9.80 Å². The zero-order valence-electron chi connectivity index (χ0n) is 13.3. The van der Waals surface area contributed by atoms with Crippen LogP contribution in [0.1, 0.15) is 27.7 Å². The number of fused-ring (bicyclic) bond motifs is 1. The van der Waals surface area contributed by atoms with Crippen LogP contribution in [0.2, 0.25) is 10.4 Å². The molecule has 0 radical (unpaired) electrons. The van der Waals surface area contributed by atoms with E-state index in [0.29, 0.717) is 11.2 Å². The van der Waals surface area contributed by atoms with E-state index < -0.39 is 0 Å². The van der Waals surface area contributed by atoms with E-state index in [4.69, 9.17) is 23.2 Å². The molecule has 0 aliphatic carbocycles. The molecule has 0 saturated carbocycles. The Morgan fingerprint density at radius 1 is 0.727 bits per heavy atom. The van der Waals surface area contributed by atoms with Gasteiger partial charge in [0.25, 0.3) is 0 Å². The highest BCUT2D eigenvalue weighted by atomic mass is 35.5. The number of aromatic nitrogens is 4. The molecule has 6 nitrogen and oxygen atoms in total. The van der Waals surface area contributed by atoms with Gasteiger partial charge in [-0.3, -0.25) is 0 Å². The average Bonchev–Trinajstić information content (AvgIpc) is 2.50. The summed E-state index contributed by atoms with van der Waals surface area (Å²) in [7, 11) is 0. The molecule has 0 bridgehead atoms. The third-order valence-electron chi connectivity index (χ3n) is 3.55. The Balaban J connectivity index is 2.74. The first-order chi connectivity index (χ1) is 10.5. The SMILES string of the molecule is CCN(CC)c1nc2nc(Cl)nc(Cl)c2nc1N(CC)CC. The molecule has 0 saturated heterocycles. The van der Waals surface area contributed by atoms with Crippen LogP contribution in [0.4, 0.5) is 11.6 Å². The zero-order chi connectivity index (χ0) is 16.3. The third-order valence-corrected chi connectivity index (χ3v) is 3.98. The lowest BCUT2D eigenvalue weighted by Crippen LogP contribution is -2.30. The van der Waals surface area contributed by atoms with Crippen molar-refractivity contribution >= 4 is 46.0 Å². The number of rotatable bonds is 6. The van der Waals surface area contributed by atoms with Gasteiger partial charge >= 0.3 is 0 Å². The van der Waals surface area contributed by atoms with Crippen LogP contribution in [0.5, 0.6) is 0 Å². The molecule has 0 aliphatic rings. The number of halogens is 2. The van der Waals surface area contributed by atoms with Crippen molar-refractivity contribution in [2.24, 2.45) is 0 Å². The van der Waals surface area contributed by atoms with Gasteiger partial charge in [-0.25, -0.2) is 15.0 Å². The predicted molar refractivity (Wildman–Crippen MR) is 92.3 cm³/mol. The molecule has 2 rings (SSSR count). The minimum absolute atomic E-state index is 0.0767. The van der Waals surface area contributed by atoms with Gasteiger partial charge in [0.15, 0.2) is 22.4 Å². The summed E-state index contributed by atoms with van der Waals surface area (Å²) in [5, 5.41) is 0.301. The molecule has 0 amide bonds. The Bertz CT molecular complexity index is 655. The second kappa shape index (κ2) is 7.24. The molecule has 0 spiro atoms.